The molecule has 1 aliphatic carbocycles. The van der Waals surface area contributed by atoms with Gasteiger partial charge in [0.25, 0.3) is 0 Å². The van der Waals surface area contributed by atoms with Gasteiger partial charge in [-0.1, -0.05) is 19.3 Å². The maximum atomic E-state index is 12.6. The fraction of sp³-hybridized carbons (Fsp3) is 0.667. The van der Waals surface area contributed by atoms with E-state index in [1.54, 1.807) is 0 Å². The largest absolute Gasteiger partial charge is 0.370 e. The number of guanidine groups is 1. The van der Waals surface area contributed by atoms with Gasteiger partial charge >= 0.3 is 6.55 Å². The molecule has 0 aliphatic heterocycles. The molecule has 8 heteroatoms. The lowest BCUT2D eigenvalue weighted by Crippen LogP contribution is -2.41. The fourth-order valence-electron chi connectivity index (χ4n) is 2.30. The minimum Gasteiger partial charge on any atom is -0.370 e. The summed E-state index contributed by atoms with van der Waals surface area (Å²) in [4.78, 5) is 7.92. The molecule has 0 atom stereocenters. The van der Waals surface area contributed by atoms with Gasteiger partial charge in [0.15, 0.2) is 5.96 Å². The first-order valence-electron chi connectivity index (χ1n) is 6.53. The average molecular weight is 399 g/mol. The van der Waals surface area contributed by atoms with Crippen LogP contribution >= 0.6 is 24.0 Å². The van der Waals surface area contributed by atoms with Crippen LogP contribution in [0.5, 0.6) is 0 Å². The second-order valence-electron chi connectivity index (χ2n) is 4.71. The van der Waals surface area contributed by atoms with Crippen LogP contribution in [0.25, 0.3) is 0 Å². The van der Waals surface area contributed by atoms with Gasteiger partial charge in [0.1, 0.15) is 12.4 Å². The Bertz CT molecular complexity index is 429. The third-order valence-electron chi connectivity index (χ3n) is 3.31. The lowest BCUT2D eigenvalue weighted by Gasteiger charge is -2.23. The van der Waals surface area contributed by atoms with E-state index in [2.05, 4.69) is 15.3 Å². The molecule has 1 aromatic heterocycles. The normalized spacial score (nSPS) is 17.1. The number of imidazole rings is 1. The molecule has 0 bridgehead atoms. The Hall–Kier alpha value is -0.930. The second kappa shape index (κ2) is 8.38. The van der Waals surface area contributed by atoms with Crippen molar-refractivity contribution >= 4 is 29.9 Å². The van der Waals surface area contributed by atoms with E-state index in [4.69, 9.17) is 5.73 Å². The van der Waals surface area contributed by atoms with Crippen LogP contribution in [-0.4, -0.2) is 21.6 Å². The van der Waals surface area contributed by atoms with Gasteiger partial charge in [-0.25, -0.2) is 9.98 Å². The topological polar surface area (TPSA) is 68.2 Å². The monoisotopic (exact) mass is 399 g/mol. The first-order valence-corrected chi connectivity index (χ1v) is 6.53. The molecule has 0 unspecified atom stereocenters. The maximum Gasteiger partial charge on any atom is 0.319 e. The zero-order valence-corrected chi connectivity index (χ0v) is 13.5. The molecule has 1 aromatic rings. The van der Waals surface area contributed by atoms with Crippen molar-refractivity contribution in [3.05, 3.63) is 18.2 Å². The Labute approximate surface area is 134 Å². The molecular weight excluding hydrogens is 379 g/mol. The van der Waals surface area contributed by atoms with Gasteiger partial charge in [0.2, 0.25) is 0 Å². The van der Waals surface area contributed by atoms with Crippen molar-refractivity contribution in [1.82, 2.24) is 14.9 Å². The predicted octanol–water partition coefficient (Wildman–Crippen LogP) is 2.63. The van der Waals surface area contributed by atoms with Crippen LogP contribution in [0.1, 0.15) is 44.5 Å². The van der Waals surface area contributed by atoms with E-state index in [0.29, 0.717) is 12.0 Å². The summed E-state index contributed by atoms with van der Waals surface area (Å²) in [7, 11) is 0. The summed E-state index contributed by atoms with van der Waals surface area (Å²) < 4.78 is 26.0. The second-order valence-corrected chi connectivity index (χ2v) is 4.71. The van der Waals surface area contributed by atoms with Crippen LogP contribution < -0.4 is 11.1 Å². The van der Waals surface area contributed by atoms with Crippen molar-refractivity contribution in [1.29, 1.82) is 0 Å². The van der Waals surface area contributed by atoms with Crippen molar-refractivity contribution in [2.75, 3.05) is 0 Å². The van der Waals surface area contributed by atoms with E-state index in [-0.39, 0.29) is 36.3 Å². The zero-order chi connectivity index (χ0) is 13.7. The van der Waals surface area contributed by atoms with Gasteiger partial charge in [-0.3, -0.25) is 4.57 Å². The van der Waals surface area contributed by atoms with E-state index in [9.17, 15) is 8.78 Å². The van der Waals surface area contributed by atoms with Crippen LogP contribution in [-0.2, 0) is 6.54 Å². The predicted molar refractivity (Wildman–Crippen MR) is 84.2 cm³/mol. The molecule has 2 rings (SSSR count). The Morgan fingerprint density at radius 3 is 2.80 bits per heavy atom. The van der Waals surface area contributed by atoms with E-state index in [1.165, 1.54) is 31.7 Å². The molecule has 0 aromatic carbocycles. The number of hydrogen-bond donors (Lipinski definition) is 2. The number of aliphatic imine (C=N–C) groups is 1. The molecule has 0 spiro atoms. The van der Waals surface area contributed by atoms with Crippen molar-refractivity contribution in [3.63, 3.8) is 0 Å². The highest BCUT2D eigenvalue weighted by Gasteiger charge is 2.14. The van der Waals surface area contributed by atoms with Crippen LogP contribution in [0, 0.1) is 0 Å². The molecule has 0 saturated heterocycles. The van der Waals surface area contributed by atoms with Gasteiger partial charge in [-0.2, -0.15) is 8.78 Å². The average Bonchev–Trinajstić information content (AvgIpc) is 2.86. The summed E-state index contributed by atoms with van der Waals surface area (Å²) in [6.45, 7) is -2.54. The number of aromatic nitrogens is 2. The van der Waals surface area contributed by atoms with E-state index >= 15 is 0 Å². The highest BCUT2D eigenvalue weighted by Crippen LogP contribution is 2.17. The standard InChI is InChI=1S/C12H19F2N5.HI/c13-11(14)19-7-6-16-10(19)8-17-12(15)18-9-4-2-1-3-5-9;/h6-7,9,11H,1-5,8H2,(H3,15,17,18);1H. The van der Waals surface area contributed by atoms with Crippen LogP contribution in [0.2, 0.25) is 0 Å². The van der Waals surface area contributed by atoms with Crippen molar-refractivity contribution in [2.24, 2.45) is 10.7 Å². The molecule has 5 nitrogen and oxygen atoms in total. The van der Waals surface area contributed by atoms with Crippen LogP contribution in [0.15, 0.2) is 17.4 Å². The number of rotatable bonds is 4. The molecule has 0 amide bonds. The summed E-state index contributed by atoms with van der Waals surface area (Å²) in [5.41, 5.74) is 5.76. The highest BCUT2D eigenvalue weighted by molar-refractivity contribution is 14.0. The van der Waals surface area contributed by atoms with Gasteiger partial charge in [-0.05, 0) is 12.8 Å². The molecule has 0 radical (unpaired) electrons. The number of hydrogen-bond acceptors (Lipinski definition) is 2. The Kier molecular flexibility index (Phi) is 7.17. The summed E-state index contributed by atoms with van der Waals surface area (Å²) in [5, 5.41) is 3.13. The van der Waals surface area contributed by atoms with Gasteiger partial charge in [-0.15, -0.1) is 24.0 Å². The Morgan fingerprint density at radius 2 is 2.15 bits per heavy atom. The van der Waals surface area contributed by atoms with Gasteiger partial charge in [0, 0.05) is 18.4 Å². The number of nitrogens with two attached hydrogens (primary N) is 1. The minimum absolute atomic E-state index is 0. The van der Waals surface area contributed by atoms with Crippen molar-refractivity contribution in [2.45, 2.75) is 51.2 Å². The first-order chi connectivity index (χ1) is 9.16. The first kappa shape index (κ1) is 17.1. The Morgan fingerprint density at radius 1 is 1.45 bits per heavy atom. The lowest BCUT2D eigenvalue weighted by molar-refractivity contribution is 0.0671. The van der Waals surface area contributed by atoms with Crippen molar-refractivity contribution < 1.29 is 8.78 Å². The highest BCUT2D eigenvalue weighted by atomic mass is 127. The summed E-state index contributed by atoms with van der Waals surface area (Å²) in [6, 6.07) is 0.354. The molecular formula is C12H20F2IN5. The lowest BCUT2D eigenvalue weighted by atomic mass is 9.96. The van der Waals surface area contributed by atoms with Gasteiger partial charge in [0.05, 0.1) is 0 Å². The number of nitrogens with one attached hydrogen (secondary N) is 1. The molecule has 1 heterocycles. The zero-order valence-electron chi connectivity index (χ0n) is 11.1. The summed E-state index contributed by atoms with van der Waals surface area (Å²) >= 11 is 0. The molecule has 114 valence electrons. The van der Waals surface area contributed by atoms with Crippen LogP contribution in [0.4, 0.5) is 8.78 Å². The third kappa shape index (κ3) is 4.88. The smallest absolute Gasteiger partial charge is 0.319 e. The minimum atomic E-state index is -2.60. The summed E-state index contributed by atoms with van der Waals surface area (Å²) in [6.07, 6.45) is 8.40. The number of halogens is 3. The molecule has 20 heavy (non-hydrogen) atoms. The van der Waals surface area contributed by atoms with E-state index in [1.807, 2.05) is 0 Å². The van der Waals surface area contributed by atoms with Crippen molar-refractivity contribution in [3.8, 4) is 0 Å². The van der Waals surface area contributed by atoms with Crippen LogP contribution in [0.3, 0.4) is 0 Å². The Balaban J connectivity index is 0.00000200. The number of nitrogens with zero attached hydrogens (tertiary/aromatic N) is 3. The molecule has 1 fully saturated rings. The van der Waals surface area contributed by atoms with E-state index < -0.39 is 6.55 Å². The third-order valence-corrected chi connectivity index (χ3v) is 3.31. The van der Waals surface area contributed by atoms with E-state index in [0.717, 1.165) is 17.4 Å². The fourth-order valence-corrected chi connectivity index (χ4v) is 2.30. The molecule has 3 N–H and O–H groups in total. The quantitative estimate of drug-likeness (QED) is 0.465. The van der Waals surface area contributed by atoms with Gasteiger partial charge < -0.3 is 11.1 Å². The maximum absolute atomic E-state index is 12.6. The number of alkyl halides is 2. The summed E-state index contributed by atoms with van der Waals surface area (Å²) in [5.74, 6) is 0.513. The SMILES string of the molecule is I.NC(=NCc1nccn1C(F)F)NC1CCCCC1. The molecule has 1 aliphatic rings. The molecule has 1 saturated carbocycles.